The summed E-state index contributed by atoms with van der Waals surface area (Å²) in [4.78, 5) is 13.2. The molecule has 2 N–H and O–H groups in total. The van der Waals surface area contributed by atoms with E-state index in [2.05, 4.69) is 10.6 Å². The lowest BCUT2D eigenvalue weighted by molar-refractivity contribution is -0.129. The number of hydrogen-bond donors (Lipinski definition) is 2. The number of anilines is 1. The summed E-state index contributed by atoms with van der Waals surface area (Å²) in [6.45, 7) is 1.75. The number of amides is 1. The predicted molar refractivity (Wildman–Crippen MR) is 98.8 cm³/mol. The van der Waals surface area contributed by atoms with Crippen LogP contribution in [0.4, 0.5) is 5.69 Å². The van der Waals surface area contributed by atoms with Crippen molar-refractivity contribution < 1.29 is 17.9 Å². The molecule has 0 aliphatic rings. The first-order valence-corrected chi connectivity index (χ1v) is 9.77. The van der Waals surface area contributed by atoms with Gasteiger partial charge in [-0.2, -0.15) is 5.26 Å². The average Bonchev–Trinajstić information content (AvgIpc) is 2.54. The van der Waals surface area contributed by atoms with Crippen LogP contribution in [0.15, 0.2) is 24.3 Å². The second kappa shape index (κ2) is 9.19. The van der Waals surface area contributed by atoms with Crippen molar-refractivity contribution in [3.05, 3.63) is 24.3 Å². The lowest BCUT2D eigenvalue weighted by Gasteiger charge is -2.22. The van der Waals surface area contributed by atoms with E-state index in [1.54, 1.807) is 44.5 Å². The van der Waals surface area contributed by atoms with E-state index in [4.69, 9.17) is 22.2 Å². The van der Waals surface area contributed by atoms with Crippen molar-refractivity contribution in [2.24, 2.45) is 0 Å². The molecule has 1 aromatic rings. The molecule has 0 fully saturated rings. The molecule has 0 aliphatic carbocycles. The van der Waals surface area contributed by atoms with Crippen LogP contribution in [0.2, 0.25) is 0 Å². The van der Waals surface area contributed by atoms with Gasteiger partial charge < -0.3 is 15.4 Å². The van der Waals surface area contributed by atoms with E-state index in [-0.39, 0.29) is 11.7 Å². The van der Waals surface area contributed by atoms with Gasteiger partial charge in [-0.05, 0) is 43.4 Å². The van der Waals surface area contributed by atoms with Crippen LogP contribution in [-0.2, 0) is 14.6 Å². The van der Waals surface area contributed by atoms with Crippen LogP contribution in [0.3, 0.4) is 0 Å². The van der Waals surface area contributed by atoms with Crippen LogP contribution in [-0.4, -0.2) is 56.0 Å². The molecular weight excluding hydrogens is 364 g/mol. The Morgan fingerprint density at radius 1 is 1.40 bits per heavy atom. The first kappa shape index (κ1) is 20.7. The Morgan fingerprint density at radius 3 is 2.44 bits per heavy atom. The molecule has 136 valence electrons. The van der Waals surface area contributed by atoms with E-state index < -0.39 is 27.5 Å². The zero-order valence-electron chi connectivity index (χ0n) is 14.1. The number of hydrogen-bond acceptors (Lipinski definition) is 6. The number of methoxy groups -OCH3 is 1. The second-order valence-corrected chi connectivity index (χ2v) is 7.75. The van der Waals surface area contributed by atoms with Crippen LogP contribution < -0.4 is 15.4 Å². The smallest absolute Gasteiger partial charge is 0.259 e. The second-order valence-electron chi connectivity index (χ2n) is 5.15. The zero-order valence-corrected chi connectivity index (χ0v) is 15.8. The van der Waals surface area contributed by atoms with Crippen molar-refractivity contribution in [3.8, 4) is 11.9 Å². The summed E-state index contributed by atoms with van der Waals surface area (Å²) in [5.41, 5.74) is 0.636. The third-order valence-corrected chi connectivity index (χ3v) is 4.28. The van der Waals surface area contributed by atoms with Crippen LogP contribution in [0.1, 0.15) is 6.92 Å². The predicted octanol–water partition coefficient (Wildman–Crippen LogP) is 0.724. The molecule has 0 saturated heterocycles. The first-order chi connectivity index (χ1) is 11.7. The van der Waals surface area contributed by atoms with Crippen molar-refractivity contribution in [1.29, 1.82) is 5.26 Å². The fourth-order valence-corrected chi connectivity index (χ4v) is 3.03. The van der Waals surface area contributed by atoms with Crippen molar-refractivity contribution in [1.82, 2.24) is 10.2 Å². The number of rotatable bonds is 7. The van der Waals surface area contributed by atoms with Gasteiger partial charge in [0.1, 0.15) is 21.6 Å². The summed E-state index contributed by atoms with van der Waals surface area (Å²) in [6, 6.07) is 5.71. The molecular formula is C15H20N4O4S2. The lowest BCUT2D eigenvalue weighted by Crippen LogP contribution is -2.51. The summed E-state index contributed by atoms with van der Waals surface area (Å²) in [6.07, 6.45) is 2.74. The summed E-state index contributed by atoms with van der Waals surface area (Å²) in [5.74, 6) is -0.467. The van der Waals surface area contributed by atoms with E-state index in [1.807, 2.05) is 0 Å². The molecule has 0 heterocycles. The molecule has 10 heteroatoms. The molecule has 8 nitrogen and oxygen atoms in total. The standard InChI is InChI=1S/C15H20N4O4S2/c1-4-19(10-16)14(20)13(9-25(3,21)22)18-15(24)17-11-5-7-12(23-2)8-6-11/h5-8,13H,4,9H2,1-3H3,(H2,17,18,24). The molecule has 0 aliphatic heterocycles. The Balaban J connectivity index is 2.86. The van der Waals surface area contributed by atoms with Gasteiger partial charge in [0.05, 0.1) is 12.9 Å². The van der Waals surface area contributed by atoms with E-state index in [0.29, 0.717) is 11.4 Å². The fourth-order valence-electron chi connectivity index (χ4n) is 1.94. The van der Waals surface area contributed by atoms with Gasteiger partial charge >= 0.3 is 0 Å². The topological polar surface area (TPSA) is 112 Å². The van der Waals surface area contributed by atoms with E-state index in [9.17, 15) is 13.2 Å². The van der Waals surface area contributed by atoms with E-state index in [1.165, 1.54) is 0 Å². The zero-order chi connectivity index (χ0) is 19.0. The van der Waals surface area contributed by atoms with Gasteiger partial charge in [0.2, 0.25) is 0 Å². The van der Waals surface area contributed by atoms with Crippen LogP contribution >= 0.6 is 12.2 Å². The van der Waals surface area contributed by atoms with Gasteiger partial charge in [0.25, 0.3) is 5.91 Å². The van der Waals surface area contributed by atoms with Crippen molar-refractivity contribution in [2.45, 2.75) is 13.0 Å². The SMILES string of the molecule is CCN(C#N)C(=O)C(CS(C)(=O)=O)NC(=S)Nc1ccc(OC)cc1. The molecule has 1 rings (SSSR count). The largest absolute Gasteiger partial charge is 0.497 e. The quantitative estimate of drug-likeness (QED) is 0.402. The number of nitrogens with zero attached hydrogens (tertiary/aromatic N) is 2. The molecule has 1 amide bonds. The highest BCUT2D eigenvalue weighted by atomic mass is 32.2. The minimum Gasteiger partial charge on any atom is -0.497 e. The molecule has 0 spiro atoms. The monoisotopic (exact) mass is 384 g/mol. The minimum atomic E-state index is -3.47. The van der Waals surface area contributed by atoms with Gasteiger partial charge in [-0.1, -0.05) is 0 Å². The highest BCUT2D eigenvalue weighted by Crippen LogP contribution is 2.14. The minimum absolute atomic E-state index is 0.0705. The maximum absolute atomic E-state index is 12.3. The highest BCUT2D eigenvalue weighted by Gasteiger charge is 2.28. The number of nitriles is 1. The number of benzene rings is 1. The molecule has 1 atom stereocenters. The number of sulfone groups is 1. The molecule has 25 heavy (non-hydrogen) atoms. The van der Waals surface area contributed by atoms with Gasteiger partial charge in [-0.3, -0.25) is 4.79 Å². The molecule has 0 saturated carbocycles. The van der Waals surface area contributed by atoms with Crippen LogP contribution in [0.25, 0.3) is 0 Å². The summed E-state index contributed by atoms with van der Waals surface area (Å²) >= 11 is 5.14. The molecule has 0 bridgehead atoms. The average molecular weight is 384 g/mol. The number of carbonyl (C=O) groups is 1. The number of thiocarbonyl (C=S) groups is 1. The normalized spacial score (nSPS) is 11.8. The van der Waals surface area contributed by atoms with Gasteiger partial charge in [0, 0.05) is 18.5 Å². The van der Waals surface area contributed by atoms with Crippen molar-refractivity contribution in [2.75, 3.05) is 31.0 Å². The fraction of sp³-hybridized carbons (Fsp3) is 0.400. The molecule has 1 aromatic carbocycles. The number of carbonyl (C=O) groups excluding carboxylic acids is 1. The van der Waals surface area contributed by atoms with Gasteiger partial charge in [-0.25, -0.2) is 13.3 Å². The maximum atomic E-state index is 12.3. The number of likely N-dealkylation sites (N-methyl/N-ethyl adjacent to an activating group) is 1. The lowest BCUT2D eigenvalue weighted by atomic mass is 10.3. The van der Waals surface area contributed by atoms with E-state index >= 15 is 0 Å². The Morgan fingerprint density at radius 2 is 2.00 bits per heavy atom. The summed E-state index contributed by atoms with van der Waals surface area (Å²) in [7, 11) is -1.92. The van der Waals surface area contributed by atoms with Crippen LogP contribution in [0.5, 0.6) is 5.75 Å². The molecule has 1 unspecified atom stereocenters. The summed E-state index contributed by atoms with van der Waals surface area (Å²) < 4.78 is 28.2. The third-order valence-electron chi connectivity index (χ3n) is 3.12. The Bertz CT molecular complexity index is 757. The maximum Gasteiger partial charge on any atom is 0.259 e. The third kappa shape index (κ3) is 6.94. The van der Waals surface area contributed by atoms with E-state index in [0.717, 1.165) is 11.2 Å². The highest BCUT2D eigenvalue weighted by molar-refractivity contribution is 7.90. The number of nitrogens with one attached hydrogen (secondary N) is 2. The summed E-state index contributed by atoms with van der Waals surface area (Å²) in [5, 5.41) is 14.6. The van der Waals surface area contributed by atoms with Crippen molar-refractivity contribution >= 4 is 38.8 Å². The Labute approximate surface area is 152 Å². The van der Waals surface area contributed by atoms with Gasteiger partial charge in [0.15, 0.2) is 11.3 Å². The first-order valence-electron chi connectivity index (χ1n) is 7.30. The van der Waals surface area contributed by atoms with Gasteiger partial charge in [-0.15, -0.1) is 0 Å². The molecule has 0 aromatic heterocycles. The van der Waals surface area contributed by atoms with Crippen LogP contribution in [0, 0.1) is 11.5 Å². The Kier molecular flexibility index (Phi) is 7.60. The number of ether oxygens (including phenoxy) is 1. The Hall–Kier alpha value is -2.38. The van der Waals surface area contributed by atoms with Crippen molar-refractivity contribution in [3.63, 3.8) is 0 Å². The molecule has 0 radical (unpaired) electrons.